The van der Waals surface area contributed by atoms with Crippen molar-refractivity contribution in [3.8, 4) is 0 Å². The summed E-state index contributed by atoms with van der Waals surface area (Å²) < 4.78 is 36.2. The van der Waals surface area contributed by atoms with Crippen molar-refractivity contribution >= 4 is 27.7 Å². The van der Waals surface area contributed by atoms with Crippen molar-refractivity contribution in [2.75, 3.05) is 19.1 Å². The van der Waals surface area contributed by atoms with Crippen molar-refractivity contribution < 1.29 is 22.7 Å². The van der Waals surface area contributed by atoms with Gasteiger partial charge in [0.05, 0.1) is 17.4 Å². The van der Waals surface area contributed by atoms with Crippen LogP contribution in [0.1, 0.15) is 25.3 Å². The minimum atomic E-state index is -3.97. The van der Waals surface area contributed by atoms with Gasteiger partial charge in [-0.1, -0.05) is 31.0 Å². The second kappa shape index (κ2) is 9.75. The quantitative estimate of drug-likeness (QED) is 0.539. The molecule has 0 aromatic heterocycles. The highest BCUT2D eigenvalue weighted by Crippen LogP contribution is 2.10. The van der Waals surface area contributed by atoms with Gasteiger partial charge in [0, 0.05) is 6.61 Å². The summed E-state index contributed by atoms with van der Waals surface area (Å²) in [7, 11) is -3.97. The molecule has 1 aromatic rings. The Morgan fingerprint density at radius 3 is 2.52 bits per heavy atom. The first-order valence-corrected chi connectivity index (χ1v) is 9.34. The first-order valence-electron chi connectivity index (χ1n) is 7.33. The molecule has 0 aliphatic heterocycles. The molecule has 0 radical (unpaired) electrons. The second-order valence-corrected chi connectivity index (χ2v) is 7.02. The van der Waals surface area contributed by atoms with Crippen molar-refractivity contribution in [2.45, 2.75) is 37.7 Å². The van der Waals surface area contributed by atoms with E-state index in [1.807, 2.05) is 18.6 Å². The summed E-state index contributed by atoms with van der Waals surface area (Å²) in [6.45, 7) is 4.53. The van der Waals surface area contributed by atoms with Crippen molar-refractivity contribution in [1.82, 2.24) is 4.72 Å². The van der Waals surface area contributed by atoms with E-state index in [2.05, 4.69) is 0 Å². The average Bonchev–Trinajstić information content (AvgIpc) is 2.50. The van der Waals surface area contributed by atoms with Gasteiger partial charge >= 0.3 is 6.09 Å². The molecule has 0 saturated heterocycles. The highest BCUT2D eigenvalue weighted by molar-refractivity contribution is 7.90. The summed E-state index contributed by atoms with van der Waals surface area (Å²) in [6.07, 6.45) is 0.0991. The molecular weight excluding hydrogens is 342 g/mol. The van der Waals surface area contributed by atoms with E-state index in [4.69, 9.17) is 21.1 Å². The third-order valence-electron chi connectivity index (χ3n) is 2.94. The molecule has 0 spiro atoms. The summed E-state index contributed by atoms with van der Waals surface area (Å²) in [4.78, 5) is 11.7. The van der Waals surface area contributed by atoms with E-state index in [-0.39, 0.29) is 17.4 Å². The number of carbonyl (C=O) groups is 1. The van der Waals surface area contributed by atoms with E-state index in [1.54, 1.807) is 12.1 Å². The maximum atomic E-state index is 12.0. The molecule has 1 rings (SSSR count). The van der Waals surface area contributed by atoms with Gasteiger partial charge in [0.1, 0.15) is 6.10 Å². The molecule has 0 heterocycles. The molecule has 1 unspecified atom stereocenters. The van der Waals surface area contributed by atoms with Crippen molar-refractivity contribution in [3.63, 3.8) is 0 Å². The number of rotatable bonds is 9. The minimum Gasteiger partial charge on any atom is -0.442 e. The first-order chi connectivity index (χ1) is 10.9. The maximum absolute atomic E-state index is 12.0. The smallest absolute Gasteiger partial charge is 0.421 e. The molecule has 1 amide bonds. The normalized spacial score (nSPS) is 12.7. The Kier molecular flexibility index (Phi) is 8.36. The van der Waals surface area contributed by atoms with Crippen LogP contribution in [0.25, 0.3) is 0 Å². The van der Waals surface area contributed by atoms with Gasteiger partial charge in [0.2, 0.25) is 0 Å². The lowest BCUT2D eigenvalue weighted by molar-refractivity contribution is 0.0313. The van der Waals surface area contributed by atoms with Crippen molar-refractivity contribution in [1.29, 1.82) is 0 Å². The number of sulfonamides is 1. The number of hydrogen-bond donors (Lipinski definition) is 1. The van der Waals surface area contributed by atoms with Gasteiger partial charge < -0.3 is 9.47 Å². The number of aryl methyl sites for hydroxylation is 1. The first kappa shape index (κ1) is 19.7. The van der Waals surface area contributed by atoms with E-state index in [1.165, 1.54) is 12.1 Å². The molecule has 130 valence electrons. The topological polar surface area (TPSA) is 81.7 Å². The summed E-state index contributed by atoms with van der Waals surface area (Å²) in [5.74, 6) is 0.0180. The number of hydrogen-bond acceptors (Lipinski definition) is 5. The predicted molar refractivity (Wildman–Crippen MR) is 88.2 cm³/mol. The Labute approximate surface area is 142 Å². The van der Waals surface area contributed by atoms with Crippen LogP contribution in [-0.4, -0.2) is 39.7 Å². The average molecular weight is 364 g/mol. The second-order valence-electron chi connectivity index (χ2n) is 5.03. The molecule has 23 heavy (non-hydrogen) atoms. The van der Waals surface area contributed by atoms with E-state index >= 15 is 0 Å². The van der Waals surface area contributed by atoms with E-state index in [0.717, 1.165) is 18.4 Å². The molecular formula is C15H22ClNO5S. The lowest BCUT2D eigenvalue weighted by atomic mass is 10.2. The van der Waals surface area contributed by atoms with Gasteiger partial charge in [-0.3, -0.25) is 0 Å². The highest BCUT2D eigenvalue weighted by Gasteiger charge is 2.21. The molecule has 0 fully saturated rings. The maximum Gasteiger partial charge on any atom is 0.421 e. The van der Waals surface area contributed by atoms with Crippen LogP contribution in [-0.2, 0) is 19.5 Å². The van der Waals surface area contributed by atoms with Crippen molar-refractivity contribution in [2.24, 2.45) is 0 Å². The number of alkyl halides is 1. The number of benzene rings is 1. The fourth-order valence-corrected chi connectivity index (χ4v) is 2.66. The fraction of sp³-hybridized carbons (Fsp3) is 0.533. The molecule has 0 saturated carbocycles. The van der Waals surface area contributed by atoms with E-state index < -0.39 is 22.2 Å². The SMILES string of the molecule is CCCCOCC(CCl)OC(=O)NS(=O)(=O)c1ccc(C)cc1. The molecule has 1 atom stereocenters. The van der Waals surface area contributed by atoms with Crippen LogP contribution < -0.4 is 4.72 Å². The Balaban J connectivity index is 2.54. The zero-order valence-corrected chi connectivity index (χ0v) is 14.8. The monoisotopic (exact) mass is 363 g/mol. The zero-order chi connectivity index (χ0) is 17.3. The van der Waals surface area contributed by atoms with Crippen LogP contribution in [0, 0.1) is 6.92 Å². The molecule has 8 heteroatoms. The molecule has 1 aromatic carbocycles. The number of ether oxygens (including phenoxy) is 2. The summed E-state index contributed by atoms with van der Waals surface area (Å²) in [5, 5.41) is 0. The van der Waals surface area contributed by atoms with Crippen LogP contribution in [0.3, 0.4) is 0 Å². The molecule has 6 nitrogen and oxygen atoms in total. The Hall–Kier alpha value is -1.31. The third-order valence-corrected chi connectivity index (χ3v) is 4.61. The van der Waals surface area contributed by atoms with Gasteiger partial charge in [-0.05, 0) is 25.5 Å². The van der Waals surface area contributed by atoms with Crippen LogP contribution in [0.2, 0.25) is 0 Å². The molecule has 0 aliphatic rings. The van der Waals surface area contributed by atoms with Gasteiger partial charge in [-0.15, -0.1) is 11.6 Å². The van der Waals surface area contributed by atoms with Gasteiger partial charge in [-0.25, -0.2) is 17.9 Å². The van der Waals surface area contributed by atoms with Gasteiger partial charge in [0.25, 0.3) is 10.0 Å². The standard InChI is InChI=1S/C15H22ClNO5S/c1-3-4-9-21-11-13(10-16)22-15(18)17-23(19,20)14-7-5-12(2)6-8-14/h5-8,13H,3-4,9-11H2,1-2H3,(H,17,18). The number of nitrogens with one attached hydrogen (secondary N) is 1. The molecule has 0 aliphatic carbocycles. The summed E-state index contributed by atoms with van der Waals surface area (Å²) in [5.41, 5.74) is 0.915. The predicted octanol–water partition coefficient (Wildman–Crippen LogP) is 2.83. The van der Waals surface area contributed by atoms with Gasteiger partial charge in [-0.2, -0.15) is 0 Å². The van der Waals surface area contributed by atoms with E-state index in [9.17, 15) is 13.2 Å². The minimum absolute atomic E-state index is 0.0123. The Morgan fingerprint density at radius 2 is 1.96 bits per heavy atom. The van der Waals surface area contributed by atoms with Gasteiger partial charge in [0.15, 0.2) is 0 Å². The summed E-state index contributed by atoms with van der Waals surface area (Å²) in [6, 6.07) is 6.11. The Morgan fingerprint density at radius 1 is 1.30 bits per heavy atom. The number of unbranched alkanes of at least 4 members (excludes halogenated alkanes) is 1. The number of carbonyl (C=O) groups excluding carboxylic acids is 1. The zero-order valence-electron chi connectivity index (χ0n) is 13.2. The lowest BCUT2D eigenvalue weighted by Gasteiger charge is -2.16. The number of halogens is 1. The molecule has 1 N–H and O–H groups in total. The largest absolute Gasteiger partial charge is 0.442 e. The van der Waals surface area contributed by atoms with Crippen LogP contribution in [0.4, 0.5) is 4.79 Å². The highest BCUT2D eigenvalue weighted by atomic mass is 35.5. The number of amides is 1. The van der Waals surface area contributed by atoms with Crippen molar-refractivity contribution in [3.05, 3.63) is 29.8 Å². The van der Waals surface area contributed by atoms with Crippen LogP contribution >= 0.6 is 11.6 Å². The van der Waals surface area contributed by atoms with Crippen LogP contribution in [0.5, 0.6) is 0 Å². The molecule has 0 bridgehead atoms. The van der Waals surface area contributed by atoms with E-state index in [0.29, 0.717) is 6.61 Å². The fourth-order valence-electron chi connectivity index (χ4n) is 1.63. The lowest BCUT2D eigenvalue weighted by Crippen LogP contribution is -2.36. The summed E-state index contributed by atoms with van der Waals surface area (Å²) >= 11 is 5.70. The Bertz CT molecular complexity index is 588. The third kappa shape index (κ3) is 7.20. The van der Waals surface area contributed by atoms with Crippen LogP contribution in [0.15, 0.2) is 29.2 Å².